The van der Waals surface area contributed by atoms with E-state index in [1.165, 1.54) is 0 Å². The molecule has 0 bridgehead atoms. The van der Waals surface area contributed by atoms with Gasteiger partial charge in [-0.3, -0.25) is 5.32 Å². The molecule has 0 saturated heterocycles. The van der Waals surface area contributed by atoms with Gasteiger partial charge in [0.2, 0.25) is 0 Å². The van der Waals surface area contributed by atoms with Crippen molar-refractivity contribution in [2.45, 2.75) is 24.6 Å². The molecule has 0 aliphatic rings. The molecule has 15 heavy (non-hydrogen) atoms. The predicted octanol–water partition coefficient (Wildman–Crippen LogP) is -7.63. The van der Waals surface area contributed by atoms with Crippen molar-refractivity contribution in [3.63, 3.8) is 0 Å². The third kappa shape index (κ3) is 9.48. The molecular weight excluding hydrogens is 268 g/mol. The van der Waals surface area contributed by atoms with Crippen molar-refractivity contribution in [1.29, 1.82) is 0 Å². The third-order valence-electron chi connectivity index (χ3n) is 1.34. The van der Waals surface area contributed by atoms with Crippen molar-refractivity contribution < 1.29 is 85.1 Å². The molecule has 80 valence electrons. The van der Waals surface area contributed by atoms with Crippen molar-refractivity contribution in [3.8, 4) is 0 Å². The molecule has 7 nitrogen and oxygen atoms in total. The Labute approximate surface area is 133 Å². The molecule has 0 aliphatic heterocycles. The smallest absolute Gasteiger partial charge is 0.747 e. The van der Waals surface area contributed by atoms with Gasteiger partial charge in [-0.15, -0.1) is 0 Å². The molecule has 2 unspecified atom stereocenters. The molecule has 0 radical (unpaired) electrons. The van der Waals surface area contributed by atoms with Crippen LogP contribution >= 0.6 is 0 Å². The largest absolute Gasteiger partial charge is 1.00 e. The van der Waals surface area contributed by atoms with E-state index in [-0.39, 0.29) is 59.1 Å². The van der Waals surface area contributed by atoms with E-state index in [2.05, 4.69) is 0 Å². The van der Waals surface area contributed by atoms with Gasteiger partial charge in [0.25, 0.3) is 0 Å². The average Bonchev–Trinajstić information content (AvgIpc) is 1.82. The quantitative estimate of drug-likeness (QED) is 0.399. The molecule has 0 aliphatic carbocycles. The van der Waals surface area contributed by atoms with Crippen LogP contribution in [0.15, 0.2) is 0 Å². The Morgan fingerprint density at radius 3 is 1.20 bits per heavy atom. The Morgan fingerprint density at radius 1 is 0.867 bits per heavy atom. The fourth-order valence-corrected chi connectivity index (χ4v) is 1.32. The number of nitrogens with one attached hydrogen (secondary N) is 1. The zero-order chi connectivity index (χ0) is 10.9. The fraction of sp³-hybridized carbons (Fsp3) is 1.00. The van der Waals surface area contributed by atoms with Crippen LogP contribution in [0.3, 0.4) is 0 Å². The summed E-state index contributed by atoms with van der Waals surface area (Å²) >= 11 is 0. The molecule has 0 saturated carbocycles. The third-order valence-corrected chi connectivity index (χ3v) is 3.34. The molecule has 1 N–H and O–H groups in total. The van der Waals surface area contributed by atoms with Crippen molar-refractivity contribution >= 4 is 20.2 Å². The van der Waals surface area contributed by atoms with Crippen molar-refractivity contribution in [2.24, 2.45) is 0 Å². The number of hydrogen-bond acceptors (Lipinski definition) is 7. The van der Waals surface area contributed by atoms with Crippen LogP contribution in [0.25, 0.3) is 0 Å². The Bertz CT molecular complexity index is 329. The maximum atomic E-state index is 10.3. The fourth-order valence-electron chi connectivity index (χ4n) is 0.497. The van der Waals surface area contributed by atoms with Crippen LogP contribution in [-0.4, -0.2) is 36.7 Å². The van der Waals surface area contributed by atoms with Gasteiger partial charge >= 0.3 is 59.1 Å². The molecule has 0 aromatic rings. The first-order chi connectivity index (χ1) is 5.55. The summed E-state index contributed by atoms with van der Waals surface area (Å²) in [5.41, 5.74) is 0. The topological polar surface area (TPSA) is 126 Å². The molecule has 0 heterocycles. The minimum atomic E-state index is -4.62. The standard InChI is InChI=1S/C4H11NO6S2.2Na/c1-3(12(6,7)8)5-4(2)13(9,10)11;;/h3-5H,1-2H3,(H,6,7,8)(H,9,10,11);;/q;2*+1/p-2. The van der Waals surface area contributed by atoms with Gasteiger partial charge in [0.1, 0.15) is 20.2 Å². The molecule has 0 aromatic heterocycles. The zero-order valence-electron chi connectivity index (χ0n) is 8.92. The van der Waals surface area contributed by atoms with E-state index in [0.717, 1.165) is 13.8 Å². The Hall–Kier alpha value is 1.78. The van der Waals surface area contributed by atoms with Gasteiger partial charge in [-0.25, -0.2) is 16.8 Å². The summed E-state index contributed by atoms with van der Waals surface area (Å²) in [6, 6.07) is 0. The van der Waals surface area contributed by atoms with Gasteiger partial charge in [-0.05, 0) is 13.8 Å². The normalized spacial score (nSPS) is 15.7. The Kier molecular flexibility index (Phi) is 11.7. The van der Waals surface area contributed by atoms with Gasteiger partial charge in [-0.1, -0.05) is 0 Å². The number of hydrogen-bond donors (Lipinski definition) is 1. The molecular formula is C4H9NNa2O6S2. The summed E-state index contributed by atoms with van der Waals surface area (Å²) < 4.78 is 61.7. The number of rotatable bonds is 4. The minimum Gasteiger partial charge on any atom is -0.747 e. The van der Waals surface area contributed by atoms with E-state index in [1.807, 2.05) is 5.32 Å². The van der Waals surface area contributed by atoms with Crippen LogP contribution < -0.4 is 64.4 Å². The summed E-state index contributed by atoms with van der Waals surface area (Å²) in [6.45, 7) is 1.92. The zero-order valence-corrected chi connectivity index (χ0v) is 14.6. The van der Waals surface area contributed by atoms with Gasteiger partial charge in [0.15, 0.2) is 0 Å². The van der Waals surface area contributed by atoms with Gasteiger partial charge in [-0.2, -0.15) is 0 Å². The Balaban J connectivity index is -0.000000720. The summed E-state index contributed by atoms with van der Waals surface area (Å²) in [5, 5.41) is -1.35. The van der Waals surface area contributed by atoms with E-state index >= 15 is 0 Å². The van der Waals surface area contributed by atoms with Gasteiger partial charge < -0.3 is 9.11 Å². The van der Waals surface area contributed by atoms with Crippen LogP contribution in [0.2, 0.25) is 0 Å². The molecule has 11 heteroatoms. The van der Waals surface area contributed by atoms with Crippen molar-refractivity contribution in [1.82, 2.24) is 5.32 Å². The SMILES string of the molecule is CC(NC(C)S(=O)(=O)[O-])S(=O)(=O)[O-].[Na+].[Na+]. The first-order valence-corrected chi connectivity index (χ1v) is 6.15. The van der Waals surface area contributed by atoms with E-state index < -0.39 is 31.0 Å². The van der Waals surface area contributed by atoms with Crippen LogP contribution in [0.4, 0.5) is 0 Å². The summed E-state index contributed by atoms with van der Waals surface area (Å²) in [5.74, 6) is 0. The average molecular weight is 277 g/mol. The van der Waals surface area contributed by atoms with Crippen molar-refractivity contribution in [2.75, 3.05) is 0 Å². The van der Waals surface area contributed by atoms with Crippen LogP contribution in [0.5, 0.6) is 0 Å². The van der Waals surface area contributed by atoms with E-state index in [1.54, 1.807) is 0 Å². The predicted molar refractivity (Wildman–Crippen MR) is 41.5 cm³/mol. The van der Waals surface area contributed by atoms with Crippen LogP contribution in [-0.2, 0) is 20.2 Å². The van der Waals surface area contributed by atoms with Crippen LogP contribution in [0, 0.1) is 0 Å². The molecule has 0 rings (SSSR count). The van der Waals surface area contributed by atoms with E-state index in [4.69, 9.17) is 0 Å². The second kappa shape index (κ2) is 7.98. The minimum absolute atomic E-state index is 0. The Morgan fingerprint density at radius 2 is 1.07 bits per heavy atom. The second-order valence-corrected chi connectivity index (χ2v) is 5.82. The molecule has 0 fully saturated rings. The first-order valence-electron chi connectivity index (χ1n) is 3.20. The van der Waals surface area contributed by atoms with Gasteiger partial charge in [0, 0.05) is 0 Å². The van der Waals surface area contributed by atoms with Crippen LogP contribution in [0.1, 0.15) is 13.8 Å². The van der Waals surface area contributed by atoms with E-state index in [9.17, 15) is 25.9 Å². The maximum absolute atomic E-state index is 10.3. The van der Waals surface area contributed by atoms with E-state index in [0.29, 0.717) is 0 Å². The maximum Gasteiger partial charge on any atom is 1.00 e. The van der Waals surface area contributed by atoms with Gasteiger partial charge in [0.05, 0.1) is 10.7 Å². The summed E-state index contributed by atoms with van der Waals surface area (Å²) in [4.78, 5) is 0. The molecule has 0 aromatic carbocycles. The molecule has 0 amide bonds. The molecule has 0 spiro atoms. The summed E-state index contributed by atoms with van der Waals surface area (Å²) in [7, 11) is -9.25. The second-order valence-electron chi connectivity index (χ2n) is 2.44. The first kappa shape index (κ1) is 22.0. The monoisotopic (exact) mass is 277 g/mol. The molecule has 2 atom stereocenters. The summed E-state index contributed by atoms with van der Waals surface area (Å²) in [6.07, 6.45) is 0. The van der Waals surface area contributed by atoms with Crippen molar-refractivity contribution in [3.05, 3.63) is 0 Å².